The van der Waals surface area contributed by atoms with Crippen LogP contribution < -0.4 is 4.74 Å². The molecular formula is C26H20BrN5O2. The number of hydrogen-bond donors (Lipinski definition) is 0. The smallest absolute Gasteiger partial charge is 0.153 e. The minimum absolute atomic E-state index is 0.243. The number of ether oxygens (including phenoxy) is 1. The van der Waals surface area contributed by atoms with E-state index in [-0.39, 0.29) is 6.61 Å². The monoisotopic (exact) mass is 513 g/mol. The summed E-state index contributed by atoms with van der Waals surface area (Å²) in [4.78, 5) is 11.8. The van der Waals surface area contributed by atoms with Gasteiger partial charge in [-0.2, -0.15) is 5.10 Å². The number of carbonyl (C=O) groups excluding carboxylic acids is 1. The summed E-state index contributed by atoms with van der Waals surface area (Å²) >= 11 is 3.45. The van der Waals surface area contributed by atoms with Crippen LogP contribution in [0.25, 0.3) is 16.9 Å². The maximum atomic E-state index is 11.8. The first kappa shape index (κ1) is 21.8. The highest BCUT2D eigenvalue weighted by atomic mass is 79.9. The van der Waals surface area contributed by atoms with Gasteiger partial charge in [-0.25, -0.2) is 9.36 Å². The molecule has 0 aliphatic carbocycles. The summed E-state index contributed by atoms with van der Waals surface area (Å²) in [5.41, 5.74) is 4.49. The Morgan fingerprint density at radius 1 is 0.912 bits per heavy atom. The van der Waals surface area contributed by atoms with Gasteiger partial charge < -0.3 is 4.74 Å². The van der Waals surface area contributed by atoms with Crippen molar-refractivity contribution < 1.29 is 9.53 Å². The molecule has 2 heterocycles. The van der Waals surface area contributed by atoms with E-state index in [4.69, 9.17) is 4.74 Å². The van der Waals surface area contributed by atoms with Crippen LogP contribution in [-0.2, 0) is 13.2 Å². The Labute approximate surface area is 204 Å². The number of hydrogen-bond acceptors (Lipinski definition) is 5. The number of nitrogens with zero attached hydrogens (tertiary/aromatic N) is 5. The lowest BCUT2D eigenvalue weighted by atomic mass is 10.1. The predicted octanol–water partition coefficient (Wildman–Crippen LogP) is 5.33. The van der Waals surface area contributed by atoms with Crippen LogP contribution in [0.2, 0.25) is 0 Å². The summed E-state index contributed by atoms with van der Waals surface area (Å²) in [5, 5.41) is 13.1. The first-order valence-corrected chi connectivity index (χ1v) is 11.4. The Morgan fingerprint density at radius 3 is 2.47 bits per heavy atom. The van der Waals surface area contributed by atoms with E-state index in [1.807, 2.05) is 85.1 Å². The van der Waals surface area contributed by atoms with Gasteiger partial charge in [-0.1, -0.05) is 63.6 Å². The molecule has 0 saturated carbocycles. The van der Waals surface area contributed by atoms with Gasteiger partial charge in [-0.15, -0.1) is 5.10 Å². The van der Waals surface area contributed by atoms with E-state index < -0.39 is 0 Å². The number of halogens is 1. The third kappa shape index (κ3) is 4.82. The van der Waals surface area contributed by atoms with Crippen molar-refractivity contribution >= 4 is 22.2 Å². The molecule has 0 amide bonds. The Bertz CT molecular complexity index is 1410. The molecule has 2 aromatic heterocycles. The molecule has 0 aliphatic rings. The van der Waals surface area contributed by atoms with Crippen LogP contribution in [0.5, 0.6) is 5.75 Å². The fraction of sp³-hybridized carbons (Fsp3) is 0.0769. The molecule has 3 aromatic carbocycles. The van der Waals surface area contributed by atoms with Gasteiger partial charge in [0.2, 0.25) is 0 Å². The molecule has 0 unspecified atom stereocenters. The number of para-hydroxylation sites is 2. The van der Waals surface area contributed by atoms with E-state index in [9.17, 15) is 4.79 Å². The van der Waals surface area contributed by atoms with Gasteiger partial charge in [0.1, 0.15) is 23.7 Å². The van der Waals surface area contributed by atoms with Crippen LogP contribution in [0.15, 0.2) is 95.7 Å². The van der Waals surface area contributed by atoms with Crippen LogP contribution in [0.3, 0.4) is 0 Å². The number of benzene rings is 3. The molecule has 0 N–H and O–H groups in total. The average Bonchev–Trinajstić information content (AvgIpc) is 3.52. The van der Waals surface area contributed by atoms with Gasteiger partial charge in [0.25, 0.3) is 0 Å². The standard InChI is InChI=1S/C26H20BrN5O2/c27-21-12-10-19(11-13-21)14-31-16-22(28-30-31)18-34-25-9-5-4-8-24(25)26-20(17-33)15-32(29-26)23-6-2-1-3-7-23/h1-13,15-17H,14,18H2. The van der Waals surface area contributed by atoms with Crippen molar-refractivity contribution in [2.24, 2.45) is 0 Å². The molecule has 34 heavy (non-hydrogen) atoms. The van der Waals surface area contributed by atoms with Crippen molar-refractivity contribution in [3.05, 3.63) is 113 Å². The zero-order valence-corrected chi connectivity index (χ0v) is 19.7. The van der Waals surface area contributed by atoms with E-state index in [1.54, 1.807) is 15.6 Å². The molecule has 0 aliphatic heterocycles. The van der Waals surface area contributed by atoms with E-state index in [2.05, 4.69) is 31.3 Å². The largest absolute Gasteiger partial charge is 0.486 e. The Balaban J connectivity index is 1.35. The van der Waals surface area contributed by atoms with Crippen molar-refractivity contribution in [2.45, 2.75) is 13.2 Å². The molecular weight excluding hydrogens is 494 g/mol. The highest BCUT2D eigenvalue weighted by molar-refractivity contribution is 9.10. The summed E-state index contributed by atoms with van der Waals surface area (Å²) in [6.45, 7) is 0.865. The fourth-order valence-electron chi connectivity index (χ4n) is 3.59. The van der Waals surface area contributed by atoms with Crippen LogP contribution in [0, 0.1) is 0 Å². The Morgan fingerprint density at radius 2 is 1.68 bits per heavy atom. The second kappa shape index (κ2) is 9.84. The molecule has 168 valence electrons. The number of aldehydes is 1. The molecule has 0 atom stereocenters. The zero-order valence-electron chi connectivity index (χ0n) is 18.1. The molecule has 8 heteroatoms. The number of aromatic nitrogens is 5. The molecule has 5 rings (SSSR count). The van der Waals surface area contributed by atoms with E-state index in [0.29, 0.717) is 29.2 Å². The van der Waals surface area contributed by atoms with Gasteiger partial charge >= 0.3 is 0 Å². The third-order valence-corrected chi connectivity index (χ3v) is 5.78. The van der Waals surface area contributed by atoms with Crippen LogP contribution in [0.1, 0.15) is 21.6 Å². The van der Waals surface area contributed by atoms with Gasteiger partial charge in [0, 0.05) is 16.2 Å². The highest BCUT2D eigenvalue weighted by Gasteiger charge is 2.16. The molecule has 0 bridgehead atoms. The SMILES string of the molecule is O=Cc1cn(-c2ccccc2)nc1-c1ccccc1OCc1cn(Cc2ccc(Br)cc2)nn1. The normalized spacial score (nSPS) is 10.9. The Hall–Kier alpha value is -4.04. The van der Waals surface area contributed by atoms with Crippen LogP contribution in [0.4, 0.5) is 0 Å². The van der Waals surface area contributed by atoms with Crippen molar-refractivity contribution in [3.63, 3.8) is 0 Å². The molecule has 0 radical (unpaired) electrons. The lowest BCUT2D eigenvalue weighted by Gasteiger charge is -2.09. The summed E-state index contributed by atoms with van der Waals surface area (Å²) in [7, 11) is 0. The van der Waals surface area contributed by atoms with Gasteiger partial charge in [0.15, 0.2) is 6.29 Å². The molecule has 5 aromatic rings. The van der Waals surface area contributed by atoms with Gasteiger partial charge in [-0.3, -0.25) is 4.79 Å². The molecule has 0 spiro atoms. The van der Waals surface area contributed by atoms with Gasteiger partial charge in [-0.05, 0) is 42.0 Å². The topological polar surface area (TPSA) is 74.8 Å². The third-order valence-electron chi connectivity index (χ3n) is 5.25. The van der Waals surface area contributed by atoms with E-state index in [0.717, 1.165) is 27.6 Å². The maximum Gasteiger partial charge on any atom is 0.153 e. The van der Waals surface area contributed by atoms with Crippen molar-refractivity contribution in [1.29, 1.82) is 0 Å². The van der Waals surface area contributed by atoms with E-state index >= 15 is 0 Å². The summed E-state index contributed by atoms with van der Waals surface area (Å²) in [6.07, 6.45) is 4.40. The fourth-order valence-corrected chi connectivity index (χ4v) is 3.86. The summed E-state index contributed by atoms with van der Waals surface area (Å²) in [6, 6.07) is 25.3. The average molecular weight is 514 g/mol. The minimum Gasteiger partial charge on any atom is -0.486 e. The Kier molecular flexibility index (Phi) is 6.31. The van der Waals surface area contributed by atoms with Crippen LogP contribution >= 0.6 is 15.9 Å². The zero-order chi connectivity index (χ0) is 23.3. The van der Waals surface area contributed by atoms with Gasteiger partial charge in [0.05, 0.1) is 24.0 Å². The molecule has 7 nitrogen and oxygen atoms in total. The lowest BCUT2D eigenvalue weighted by molar-refractivity contribution is 0.112. The first-order chi connectivity index (χ1) is 16.7. The number of rotatable bonds is 8. The van der Waals surface area contributed by atoms with Crippen LogP contribution in [-0.4, -0.2) is 31.1 Å². The second-order valence-electron chi connectivity index (χ2n) is 7.65. The molecule has 0 fully saturated rings. The lowest BCUT2D eigenvalue weighted by Crippen LogP contribution is -2.00. The van der Waals surface area contributed by atoms with E-state index in [1.165, 1.54) is 0 Å². The van der Waals surface area contributed by atoms with Crippen molar-refractivity contribution in [3.8, 4) is 22.7 Å². The second-order valence-corrected chi connectivity index (χ2v) is 8.57. The maximum absolute atomic E-state index is 11.8. The quantitative estimate of drug-likeness (QED) is 0.262. The first-order valence-electron chi connectivity index (χ1n) is 10.7. The summed E-state index contributed by atoms with van der Waals surface area (Å²) in [5.74, 6) is 0.617. The molecule has 0 saturated heterocycles. The van der Waals surface area contributed by atoms with Crippen molar-refractivity contribution in [2.75, 3.05) is 0 Å². The van der Waals surface area contributed by atoms with Crippen molar-refractivity contribution in [1.82, 2.24) is 24.8 Å². The predicted molar refractivity (Wildman–Crippen MR) is 132 cm³/mol. The minimum atomic E-state index is 0.243. The summed E-state index contributed by atoms with van der Waals surface area (Å²) < 4.78 is 10.6. The highest BCUT2D eigenvalue weighted by Crippen LogP contribution is 2.31. The number of carbonyl (C=O) groups is 1.